The molecule has 0 radical (unpaired) electrons. The monoisotopic (exact) mass is 308 g/mol. The lowest BCUT2D eigenvalue weighted by atomic mass is 10.2. The Kier molecular flexibility index (Phi) is 6.97. The molecule has 0 spiro atoms. The first-order valence-electron chi connectivity index (χ1n) is 7.04. The minimum atomic E-state index is -0.922. The average Bonchev–Trinajstić information content (AvgIpc) is 2.51. The van der Waals surface area contributed by atoms with Gasteiger partial charge >= 0.3 is 11.8 Å². The number of hydrogen-bond acceptors (Lipinski definition) is 5. The number of carbonyl (C=O) groups is 2. The van der Waals surface area contributed by atoms with Crippen molar-refractivity contribution in [2.45, 2.75) is 13.8 Å². The van der Waals surface area contributed by atoms with Crippen LogP contribution in [0.15, 0.2) is 24.3 Å². The molecule has 2 amide bonds. The van der Waals surface area contributed by atoms with Gasteiger partial charge in [0.1, 0.15) is 5.69 Å². The summed E-state index contributed by atoms with van der Waals surface area (Å²) in [5.74, 6) is -1.74. The smallest absolute Gasteiger partial charge is 0.313 e. The summed E-state index contributed by atoms with van der Waals surface area (Å²) in [6.07, 6.45) is 0. The van der Waals surface area contributed by atoms with Gasteiger partial charge in [0, 0.05) is 19.2 Å². The Labute approximate surface area is 128 Å². The number of nitrogens with one attached hydrogen (secondary N) is 2. The van der Waals surface area contributed by atoms with Crippen molar-refractivity contribution in [1.82, 2.24) is 10.2 Å². The first-order chi connectivity index (χ1) is 10.5. The number of nitro groups is 1. The Hall–Kier alpha value is -2.48. The summed E-state index contributed by atoms with van der Waals surface area (Å²) in [4.78, 5) is 35.7. The second-order valence-corrected chi connectivity index (χ2v) is 4.51. The Morgan fingerprint density at radius 1 is 1.18 bits per heavy atom. The molecular weight excluding hydrogens is 288 g/mol. The summed E-state index contributed by atoms with van der Waals surface area (Å²) < 4.78 is 0. The molecule has 0 aliphatic rings. The lowest BCUT2D eigenvalue weighted by Gasteiger charge is -2.17. The van der Waals surface area contributed by atoms with Crippen molar-refractivity contribution < 1.29 is 14.5 Å². The summed E-state index contributed by atoms with van der Waals surface area (Å²) in [5.41, 5.74) is -0.261. The van der Waals surface area contributed by atoms with Gasteiger partial charge in [-0.2, -0.15) is 0 Å². The van der Waals surface area contributed by atoms with Crippen LogP contribution in [0, 0.1) is 10.1 Å². The summed E-state index contributed by atoms with van der Waals surface area (Å²) in [6, 6.07) is 5.66. The molecule has 0 saturated heterocycles. The molecule has 120 valence electrons. The van der Waals surface area contributed by atoms with Gasteiger partial charge in [-0.25, -0.2) is 0 Å². The third-order valence-electron chi connectivity index (χ3n) is 3.16. The molecule has 8 nitrogen and oxygen atoms in total. The highest BCUT2D eigenvalue weighted by atomic mass is 16.6. The second kappa shape index (κ2) is 8.73. The zero-order chi connectivity index (χ0) is 16.5. The fourth-order valence-electron chi connectivity index (χ4n) is 1.87. The van der Waals surface area contributed by atoms with Crippen LogP contribution in [0.1, 0.15) is 13.8 Å². The summed E-state index contributed by atoms with van der Waals surface area (Å²) in [5, 5.41) is 15.6. The molecule has 0 atom stereocenters. The highest BCUT2D eigenvalue weighted by Gasteiger charge is 2.19. The maximum atomic E-state index is 11.7. The quantitative estimate of drug-likeness (QED) is 0.444. The van der Waals surface area contributed by atoms with Crippen molar-refractivity contribution in [2.24, 2.45) is 0 Å². The highest BCUT2D eigenvalue weighted by molar-refractivity contribution is 6.39. The molecule has 0 bridgehead atoms. The summed E-state index contributed by atoms with van der Waals surface area (Å²) in [6.45, 7) is 6.70. The van der Waals surface area contributed by atoms with E-state index in [1.54, 1.807) is 6.07 Å². The molecular formula is C14H20N4O4. The normalized spacial score (nSPS) is 10.3. The number of rotatable bonds is 7. The van der Waals surface area contributed by atoms with E-state index >= 15 is 0 Å². The number of amides is 2. The number of benzene rings is 1. The van der Waals surface area contributed by atoms with Gasteiger partial charge in [0.15, 0.2) is 0 Å². The van der Waals surface area contributed by atoms with Crippen molar-refractivity contribution in [3.63, 3.8) is 0 Å². The largest absolute Gasteiger partial charge is 0.347 e. The van der Waals surface area contributed by atoms with Crippen LogP contribution in [0.25, 0.3) is 0 Å². The van der Waals surface area contributed by atoms with E-state index in [0.717, 1.165) is 13.1 Å². The van der Waals surface area contributed by atoms with Gasteiger partial charge in [0.25, 0.3) is 5.69 Å². The average molecular weight is 308 g/mol. The van der Waals surface area contributed by atoms with Gasteiger partial charge in [-0.05, 0) is 19.2 Å². The van der Waals surface area contributed by atoms with E-state index in [0.29, 0.717) is 13.1 Å². The van der Waals surface area contributed by atoms with E-state index in [4.69, 9.17) is 0 Å². The van der Waals surface area contributed by atoms with Crippen LogP contribution in [-0.2, 0) is 9.59 Å². The van der Waals surface area contributed by atoms with E-state index in [1.165, 1.54) is 18.2 Å². The maximum absolute atomic E-state index is 11.7. The second-order valence-electron chi connectivity index (χ2n) is 4.51. The molecule has 0 saturated carbocycles. The predicted octanol–water partition coefficient (Wildman–Crippen LogP) is 0.991. The van der Waals surface area contributed by atoms with Crippen LogP contribution in [-0.4, -0.2) is 47.8 Å². The van der Waals surface area contributed by atoms with Gasteiger partial charge < -0.3 is 15.5 Å². The lowest BCUT2D eigenvalue weighted by Crippen LogP contribution is -2.40. The van der Waals surface area contributed by atoms with E-state index in [9.17, 15) is 19.7 Å². The molecule has 2 N–H and O–H groups in total. The lowest BCUT2D eigenvalue weighted by molar-refractivity contribution is -0.383. The third kappa shape index (κ3) is 5.13. The fraction of sp³-hybridized carbons (Fsp3) is 0.429. The molecule has 8 heteroatoms. The Morgan fingerprint density at radius 3 is 2.41 bits per heavy atom. The number of nitrogens with zero attached hydrogens (tertiary/aromatic N) is 2. The number of likely N-dealkylation sites (N-methyl/N-ethyl adjacent to an activating group) is 1. The van der Waals surface area contributed by atoms with Gasteiger partial charge in [-0.3, -0.25) is 19.7 Å². The van der Waals surface area contributed by atoms with Crippen LogP contribution >= 0.6 is 0 Å². The molecule has 22 heavy (non-hydrogen) atoms. The molecule has 1 rings (SSSR count). The SMILES string of the molecule is CCN(CC)CCNC(=O)C(=O)Nc1ccccc1[N+](=O)[O-]. The van der Waals surface area contributed by atoms with Crippen LogP contribution in [0.3, 0.4) is 0 Å². The number of anilines is 1. The molecule has 0 aliphatic carbocycles. The fourth-order valence-corrected chi connectivity index (χ4v) is 1.87. The van der Waals surface area contributed by atoms with Gasteiger partial charge in [-0.1, -0.05) is 26.0 Å². The van der Waals surface area contributed by atoms with Gasteiger partial charge in [0.05, 0.1) is 4.92 Å². The van der Waals surface area contributed by atoms with Crippen molar-refractivity contribution in [1.29, 1.82) is 0 Å². The number of hydrogen-bond donors (Lipinski definition) is 2. The van der Waals surface area contributed by atoms with E-state index < -0.39 is 16.7 Å². The molecule has 0 aromatic heterocycles. The first-order valence-corrected chi connectivity index (χ1v) is 7.04. The van der Waals surface area contributed by atoms with Crippen molar-refractivity contribution in [2.75, 3.05) is 31.5 Å². The number of carbonyl (C=O) groups excluding carboxylic acids is 2. The topological polar surface area (TPSA) is 105 Å². The maximum Gasteiger partial charge on any atom is 0.313 e. The minimum absolute atomic E-state index is 0.00334. The van der Waals surface area contributed by atoms with Crippen LogP contribution in [0.5, 0.6) is 0 Å². The van der Waals surface area contributed by atoms with E-state index in [1.807, 2.05) is 13.8 Å². The molecule has 1 aromatic rings. The summed E-state index contributed by atoms with van der Waals surface area (Å²) in [7, 11) is 0. The number of nitro benzene ring substituents is 1. The Bertz CT molecular complexity index is 543. The van der Waals surface area contributed by atoms with Crippen LogP contribution in [0.2, 0.25) is 0 Å². The summed E-state index contributed by atoms with van der Waals surface area (Å²) >= 11 is 0. The van der Waals surface area contributed by atoms with Crippen molar-refractivity contribution in [3.8, 4) is 0 Å². The Balaban J connectivity index is 2.55. The molecule has 1 aromatic carbocycles. The minimum Gasteiger partial charge on any atom is -0.347 e. The highest BCUT2D eigenvalue weighted by Crippen LogP contribution is 2.22. The zero-order valence-electron chi connectivity index (χ0n) is 12.7. The molecule has 0 unspecified atom stereocenters. The van der Waals surface area contributed by atoms with Gasteiger partial charge in [0.2, 0.25) is 0 Å². The predicted molar refractivity (Wildman–Crippen MR) is 82.5 cm³/mol. The van der Waals surface area contributed by atoms with E-state index in [-0.39, 0.29) is 11.4 Å². The van der Waals surface area contributed by atoms with Gasteiger partial charge in [-0.15, -0.1) is 0 Å². The molecule has 0 heterocycles. The molecule has 0 fully saturated rings. The third-order valence-corrected chi connectivity index (χ3v) is 3.16. The van der Waals surface area contributed by atoms with E-state index in [2.05, 4.69) is 15.5 Å². The van der Waals surface area contributed by atoms with Crippen molar-refractivity contribution in [3.05, 3.63) is 34.4 Å². The first kappa shape index (κ1) is 17.6. The standard InChI is InChI=1S/C14H20N4O4/c1-3-17(4-2)10-9-15-13(19)14(20)16-11-7-5-6-8-12(11)18(21)22/h5-8H,3-4,9-10H2,1-2H3,(H,15,19)(H,16,20). The zero-order valence-corrected chi connectivity index (χ0v) is 12.7. The molecule has 0 aliphatic heterocycles. The van der Waals surface area contributed by atoms with Crippen LogP contribution in [0.4, 0.5) is 11.4 Å². The number of para-hydroxylation sites is 2. The van der Waals surface area contributed by atoms with Crippen LogP contribution < -0.4 is 10.6 Å². The Morgan fingerprint density at radius 2 is 1.82 bits per heavy atom. The van der Waals surface area contributed by atoms with Crippen molar-refractivity contribution >= 4 is 23.2 Å².